The van der Waals surface area contributed by atoms with E-state index in [1.165, 1.54) is 16.9 Å². The molecule has 6 atom stereocenters. The number of carbonyl (C=O) groups excluding carboxylic acids is 5. The summed E-state index contributed by atoms with van der Waals surface area (Å²) >= 11 is 0. The highest BCUT2D eigenvalue weighted by atomic mass is 32.2. The van der Waals surface area contributed by atoms with Crippen molar-refractivity contribution >= 4 is 39.9 Å². The highest BCUT2D eigenvalue weighted by molar-refractivity contribution is 7.91. The number of fused-ring (bicyclic) bond motifs is 3. The van der Waals surface area contributed by atoms with Gasteiger partial charge in [-0.3, -0.25) is 24.0 Å². The first-order chi connectivity index (χ1) is 28.5. The number of hydrogen-bond acceptors (Lipinski definition) is 10. The van der Waals surface area contributed by atoms with Crippen molar-refractivity contribution in [1.29, 1.82) is 0 Å². The number of likely N-dealkylation sites (tertiary alicyclic amines) is 1. The topological polar surface area (TPSA) is 184 Å². The van der Waals surface area contributed by atoms with Crippen molar-refractivity contribution in [2.75, 3.05) is 32.7 Å². The second kappa shape index (κ2) is 17.8. The lowest BCUT2D eigenvalue weighted by atomic mass is 9.92. The highest BCUT2D eigenvalue weighted by Crippen LogP contribution is 2.46. The van der Waals surface area contributed by atoms with Crippen LogP contribution in [0.5, 0.6) is 0 Å². The largest absolute Gasteiger partial charge is 0.446 e. The Balaban J connectivity index is 1.04. The smallest absolute Gasteiger partial charge is 0.410 e. The molecule has 5 amide bonds. The molecule has 3 aliphatic carbocycles. The third-order valence-electron chi connectivity index (χ3n) is 13.5. The van der Waals surface area contributed by atoms with Crippen molar-refractivity contribution in [3.63, 3.8) is 0 Å². The number of rotatable bonds is 8. The van der Waals surface area contributed by atoms with E-state index in [9.17, 15) is 32.4 Å². The van der Waals surface area contributed by atoms with E-state index in [0.717, 1.165) is 70.0 Å². The number of hydrogen-bond donors (Lipinski definition) is 3. The van der Waals surface area contributed by atoms with Gasteiger partial charge in [0.15, 0.2) is 0 Å². The summed E-state index contributed by atoms with van der Waals surface area (Å²) in [6.45, 7) is 2.96. The summed E-state index contributed by atoms with van der Waals surface area (Å²) in [7, 11) is -3.91. The second-order valence-corrected chi connectivity index (χ2v) is 19.7. The number of sulfonamides is 1. The lowest BCUT2D eigenvalue weighted by Gasteiger charge is -2.40. The Bertz CT molecular complexity index is 1890. The molecule has 1 aromatic carbocycles. The molecule has 15 nitrogen and oxygen atoms in total. The van der Waals surface area contributed by atoms with Crippen molar-refractivity contribution in [3.05, 3.63) is 47.5 Å². The summed E-state index contributed by atoms with van der Waals surface area (Å²) in [6.07, 6.45) is 13.4. The van der Waals surface area contributed by atoms with E-state index >= 15 is 0 Å². The van der Waals surface area contributed by atoms with Gasteiger partial charge in [-0.25, -0.2) is 18.0 Å². The van der Waals surface area contributed by atoms with Gasteiger partial charge >= 0.3 is 12.2 Å². The first-order valence-electron chi connectivity index (χ1n) is 22.1. The van der Waals surface area contributed by atoms with Gasteiger partial charge in [0.25, 0.3) is 5.91 Å². The molecule has 16 heteroatoms. The molecule has 0 spiro atoms. The van der Waals surface area contributed by atoms with Crippen molar-refractivity contribution in [2.24, 2.45) is 5.92 Å². The third kappa shape index (κ3) is 9.58. The minimum Gasteiger partial charge on any atom is -0.446 e. The molecular formula is C43H60N6O9S. The molecule has 4 heterocycles. The average Bonchev–Trinajstić information content (AvgIpc) is 4.10. The Morgan fingerprint density at radius 3 is 2.39 bits per heavy atom. The van der Waals surface area contributed by atoms with E-state index < -0.39 is 74.8 Å². The Hall–Kier alpha value is -4.18. The average molecular weight is 837 g/mol. The lowest BCUT2D eigenvalue weighted by Crippen LogP contribution is -2.58. The molecule has 1 aromatic rings. The number of piperidine rings is 1. The fourth-order valence-electron chi connectivity index (χ4n) is 9.85. The fourth-order valence-corrected chi connectivity index (χ4v) is 11.2. The molecule has 59 heavy (non-hydrogen) atoms. The van der Waals surface area contributed by atoms with Crippen LogP contribution < -0.4 is 15.4 Å². The first-order valence-corrected chi connectivity index (χ1v) is 23.6. The summed E-state index contributed by atoms with van der Waals surface area (Å²) in [5, 5.41) is 5.06. The van der Waals surface area contributed by atoms with Crippen LogP contribution in [-0.4, -0.2) is 121 Å². The van der Waals surface area contributed by atoms with Gasteiger partial charge < -0.3 is 29.9 Å². The summed E-state index contributed by atoms with van der Waals surface area (Å²) in [5.41, 5.74) is 0.771. The molecule has 3 N–H and O–H groups in total. The van der Waals surface area contributed by atoms with Gasteiger partial charge in [-0.2, -0.15) is 0 Å². The molecule has 0 unspecified atom stereocenters. The van der Waals surface area contributed by atoms with E-state index in [4.69, 9.17) is 9.47 Å². The normalized spacial score (nSPS) is 30.8. The number of benzene rings is 1. The van der Waals surface area contributed by atoms with Gasteiger partial charge in [-0.05, 0) is 108 Å². The molecule has 0 bridgehead atoms. The molecule has 322 valence electrons. The molecular weight excluding hydrogens is 777 g/mol. The Morgan fingerprint density at radius 2 is 1.61 bits per heavy atom. The maximum atomic E-state index is 14.7. The summed E-state index contributed by atoms with van der Waals surface area (Å²) in [6, 6.07) is 5.79. The predicted molar refractivity (Wildman–Crippen MR) is 217 cm³/mol. The SMILES string of the molecule is O=C(N[C@H]1CCCCCC=C[C@@H]2C[C@@]2(C(=O)NS(=O)(=O)C2CC2)NC(=O)[C@@H]2C[C@@H](OC(=O)N3CCc4ccccc4[C@@H]3CN3CCCCC3)CN2C1=O)OC1CCCC1. The van der Waals surface area contributed by atoms with Gasteiger partial charge in [0.05, 0.1) is 17.8 Å². The van der Waals surface area contributed by atoms with E-state index in [0.29, 0.717) is 51.6 Å². The number of amides is 5. The lowest BCUT2D eigenvalue weighted by molar-refractivity contribution is -0.141. The van der Waals surface area contributed by atoms with Gasteiger partial charge in [0.2, 0.25) is 21.8 Å². The zero-order chi connectivity index (χ0) is 41.1. The summed E-state index contributed by atoms with van der Waals surface area (Å²) < 4.78 is 40.0. The van der Waals surface area contributed by atoms with E-state index in [2.05, 4.69) is 32.4 Å². The number of nitrogens with zero attached hydrogens (tertiary/aromatic N) is 3. The van der Waals surface area contributed by atoms with Crippen molar-refractivity contribution < 1.29 is 41.9 Å². The highest BCUT2D eigenvalue weighted by Gasteiger charge is 2.62. The zero-order valence-electron chi connectivity index (χ0n) is 34.0. The van der Waals surface area contributed by atoms with Crippen LogP contribution in [0.2, 0.25) is 0 Å². The molecule has 2 saturated heterocycles. The van der Waals surface area contributed by atoms with Gasteiger partial charge in [-0.1, -0.05) is 55.7 Å². The van der Waals surface area contributed by atoms with Crippen molar-refractivity contribution in [3.8, 4) is 0 Å². The summed E-state index contributed by atoms with van der Waals surface area (Å²) in [4.78, 5) is 76.0. The maximum absolute atomic E-state index is 14.7. The van der Waals surface area contributed by atoms with Crippen LogP contribution in [-0.2, 0) is 40.3 Å². The van der Waals surface area contributed by atoms with Gasteiger partial charge in [0, 0.05) is 25.4 Å². The van der Waals surface area contributed by atoms with Crippen molar-refractivity contribution in [2.45, 2.75) is 150 Å². The molecule has 3 saturated carbocycles. The Labute approximate surface area is 347 Å². The van der Waals surface area contributed by atoms with Gasteiger partial charge in [-0.15, -0.1) is 0 Å². The Kier molecular flexibility index (Phi) is 12.5. The molecule has 0 radical (unpaired) electrons. The number of carbonyl (C=O) groups is 5. The predicted octanol–water partition coefficient (Wildman–Crippen LogP) is 4.22. The maximum Gasteiger partial charge on any atom is 0.410 e. The van der Waals surface area contributed by atoms with Crippen LogP contribution in [0.1, 0.15) is 120 Å². The number of alkyl carbamates (subject to hydrolysis) is 1. The molecule has 7 aliphatic rings. The minimum absolute atomic E-state index is 0.0393. The number of allylic oxidation sites excluding steroid dienone is 1. The van der Waals surface area contributed by atoms with E-state index in [1.54, 1.807) is 4.90 Å². The quantitative estimate of drug-likeness (QED) is 0.321. The van der Waals surface area contributed by atoms with Crippen LogP contribution in [0.4, 0.5) is 9.59 Å². The second-order valence-electron chi connectivity index (χ2n) is 17.8. The molecule has 0 aromatic heterocycles. The third-order valence-corrected chi connectivity index (χ3v) is 15.3. The van der Waals surface area contributed by atoms with E-state index in [-0.39, 0.29) is 31.5 Å². The molecule has 5 fully saturated rings. The standard InChI is InChI=1S/C43H60N6O9S/c50-38-36-25-32(58-42(54)48-24-21-29-13-7-10-17-34(29)37(48)28-47-22-11-4-12-23-47)27-49(36)39(51)35(44-41(53)57-31-15-8-9-16-31)18-6-3-1-2-5-14-30-26-43(30,45-38)40(52)46-59(55,56)33-19-20-33/h5,7,10,13-14,17,30-33,35-37H,1-4,6,8-9,11-12,15-16,18-28H2,(H,44,53)(H,45,50)(H,46,52)/t30-,32-,35+,36+,37+,43-/m1/s1. The fraction of sp³-hybridized carbons (Fsp3) is 0.698. The molecule has 4 aliphatic heterocycles. The van der Waals surface area contributed by atoms with Crippen LogP contribution in [0, 0.1) is 5.92 Å². The van der Waals surface area contributed by atoms with Crippen LogP contribution in [0.3, 0.4) is 0 Å². The molecule has 8 rings (SSSR count). The van der Waals surface area contributed by atoms with Crippen LogP contribution in [0.25, 0.3) is 0 Å². The number of ether oxygens (including phenoxy) is 2. The zero-order valence-corrected chi connectivity index (χ0v) is 34.8. The van der Waals surface area contributed by atoms with Crippen molar-refractivity contribution in [1.82, 2.24) is 30.1 Å². The Morgan fingerprint density at radius 1 is 0.864 bits per heavy atom. The van der Waals surface area contributed by atoms with Gasteiger partial charge in [0.1, 0.15) is 29.8 Å². The first kappa shape index (κ1) is 41.5. The van der Waals surface area contributed by atoms with Crippen LogP contribution >= 0.6 is 0 Å². The monoisotopic (exact) mass is 836 g/mol. The minimum atomic E-state index is -3.91. The number of nitrogens with one attached hydrogen (secondary N) is 3. The van der Waals surface area contributed by atoms with Crippen LogP contribution in [0.15, 0.2) is 36.4 Å². The summed E-state index contributed by atoms with van der Waals surface area (Å²) in [5.74, 6) is -2.39. The van der Waals surface area contributed by atoms with E-state index in [1.807, 2.05) is 24.3 Å².